The standard InChI is InChI=1S/C22H22N2O2S/c1-14-10-18-12-17(6-9-21(18)24(14)15(2)25)20-13-27-22(23-20)11-16-4-7-19(26-3)8-5-16/h4-9,12-14H,10-11H2,1-3H3. The quantitative estimate of drug-likeness (QED) is 0.660. The van der Waals surface area contributed by atoms with Crippen molar-refractivity contribution in [2.24, 2.45) is 0 Å². The van der Waals surface area contributed by atoms with Crippen molar-refractivity contribution in [1.82, 2.24) is 4.98 Å². The molecule has 1 aromatic heterocycles. The van der Waals surface area contributed by atoms with Crippen LogP contribution in [-0.2, 0) is 17.6 Å². The van der Waals surface area contributed by atoms with E-state index in [2.05, 4.69) is 42.6 Å². The Morgan fingerprint density at radius 2 is 2.04 bits per heavy atom. The van der Waals surface area contributed by atoms with Crippen LogP contribution in [0.3, 0.4) is 0 Å². The number of amides is 1. The highest BCUT2D eigenvalue weighted by atomic mass is 32.1. The number of ether oxygens (including phenoxy) is 1. The van der Waals surface area contributed by atoms with Crippen LogP contribution in [0.25, 0.3) is 11.3 Å². The molecule has 1 unspecified atom stereocenters. The van der Waals surface area contributed by atoms with Gasteiger partial charge in [-0.15, -0.1) is 11.3 Å². The van der Waals surface area contributed by atoms with Crippen molar-refractivity contribution in [3.8, 4) is 17.0 Å². The molecule has 0 spiro atoms. The molecule has 4 nitrogen and oxygen atoms in total. The largest absolute Gasteiger partial charge is 0.497 e. The molecule has 2 heterocycles. The molecular formula is C22H22N2O2S. The summed E-state index contributed by atoms with van der Waals surface area (Å²) >= 11 is 1.68. The summed E-state index contributed by atoms with van der Waals surface area (Å²) in [5.74, 6) is 0.968. The number of hydrogen-bond acceptors (Lipinski definition) is 4. The average Bonchev–Trinajstić information content (AvgIpc) is 3.25. The van der Waals surface area contributed by atoms with Gasteiger partial charge >= 0.3 is 0 Å². The van der Waals surface area contributed by atoms with E-state index in [1.165, 1.54) is 11.1 Å². The predicted octanol–water partition coefficient (Wildman–Crippen LogP) is 4.71. The maximum absolute atomic E-state index is 11.9. The van der Waals surface area contributed by atoms with Crippen molar-refractivity contribution in [1.29, 1.82) is 0 Å². The van der Waals surface area contributed by atoms with Crippen molar-refractivity contribution >= 4 is 22.9 Å². The first-order valence-electron chi connectivity index (χ1n) is 9.05. The number of hydrogen-bond donors (Lipinski definition) is 0. The summed E-state index contributed by atoms with van der Waals surface area (Å²) in [6.07, 6.45) is 1.71. The molecule has 1 atom stereocenters. The number of carbonyl (C=O) groups is 1. The highest BCUT2D eigenvalue weighted by Crippen LogP contribution is 2.35. The summed E-state index contributed by atoms with van der Waals surface area (Å²) in [6, 6.07) is 14.6. The molecule has 0 saturated carbocycles. The van der Waals surface area contributed by atoms with Crippen molar-refractivity contribution in [2.75, 3.05) is 12.0 Å². The van der Waals surface area contributed by atoms with E-state index in [9.17, 15) is 4.79 Å². The van der Waals surface area contributed by atoms with E-state index in [1.807, 2.05) is 17.0 Å². The molecule has 0 N–H and O–H groups in total. The zero-order chi connectivity index (χ0) is 19.0. The molecule has 138 valence electrons. The fraction of sp³-hybridized carbons (Fsp3) is 0.273. The first kappa shape index (κ1) is 17.7. The predicted molar refractivity (Wildman–Crippen MR) is 110 cm³/mol. The first-order valence-corrected chi connectivity index (χ1v) is 9.93. The number of rotatable bonds is 4. The molecule has 27 heavy (non-hydrogen) atoms. The second kappa shape index (κ2) is 7.16. The van der Waals surface area contributed by atoms with Crippen molar-refractivity contribution < 1.29 is 9.53 Å². The highest BCUT2D eigenvalue weighted by Gasteiger charge is 2.29. The van der Waals surface area contributed by atoms with Gasteiger partial charge < -0.3 is 9.64 Å². The van der Waals surface area contributed by atoms with Crippen LogP contribution in [0.15, 0.2) is 47.8 Å². The molecule has 0 fully saturated rings. The van der Waals surface area contributed by atoms with Gasteiger partial charge in [0.25, 0.3) is 0 Å². The van der Waals surface area contributed by atoms with Crippen LogP contribution in [-0.4, -0.2) is 24.0 Å². The normalized spacial score (nSPS) is 15.7. The van der Waals surface area contributed by atoms with Gasteiger partial charge in [-0.05, 0) is 48.7 Å². The Bertz CT molecular complexity index is 978. The lowest BCUT2D eigenvalue weighted by Crippen LogP contribution is -2.33. The summed E-state index contributed by atoms with van der Waals surface area (Å²) in [5, 5.41) is 3.20. The van der Waals surface area contributed by atoms with Crippen molar-refractivity contribution in [2.45, 2.75) is 32.7 Å². The number of benzene rings is 2. The third-order valence-corrected chi connectivity index (χ3v) is 5.85. The molecule has 1 aliphatic rings. The monoisotopic (exact) mass is 378 g/mol. The zero-order valence-corrected chi connectivity index (χ0v) is 16.5. The van der Waals surface area contributed by atoms with E-state index in [-0.39, 0.29) is 11.9 Å². The van der Waals surface area contributed by atoms with Crippen LogP contribution < -0.4 is 9.64 Å². The lowest BCUT2D eigenvalue weighted by molar-refractivity contribution is -0.116. The molecule has 0 radical (unpaired) electrons. The van der Waals surface area contributed by atoms with Crippen molar-refractivity contribution in [3.63, 3.8) is 0 Å². The number of thiazole rings is 1. The van der Waals surface area contributed by atoms with E-state index >= 15 is 0 Å². The molecular weight excluding hydrogens is 356 g/mol. The van der Waals surface area contributed by atoms with Gasteiger partial charge in [0.05, 0.1) is 17.8 Å². The number of aromatic nitrogens is 1. The molecule has 0 bridgehead atoms. The molecule has 3 aromatic rings. The Labute approximate surface area is 163 Å². The topological polar surface area (TPSA) is 42.4 Å². The minimum atomic E-state index is 0.101. The van der Waals surface area contributed by atoms with Crippen LogP contribution in [0.5, 0.6) is 5.75 Å². The second-order valence-electron chi connectivity index (χ2n) is 6.94. The Hall–Kier alpha value is -2.66. The summed E-state index contributed by atoms with van der Waals surface area (Å²) in [7, 11) is 1.68. The summed E-state index contributed by atoms with van der Waals surface area (Å²) < 4.78 is 5.21. The van der Waals surface area contributed by atoms with Gasteiger partial charge in [-0.2, -0.15) is 0 Å². The molecule has 4 rings (SSSR count). The number of methoxy groups -OCH3 is 1. The van der Waals surface area contributed by atoms with E-state index in [0.29, 0.717) is 0 Å². The third-order valence-electron chi connectivity index (χ3n) is 5.00. The van der Waals surface area contributed by atoms with Gasteiger partial charge in [-0.3, -0.25) is 4.79 Å². The minimum Gasteiger partial charge on any atom is -0.497 e. The van der Waals surface area contributed by atoms with E-state index in [0.717, 1.165) is 40.5 Å². The molecule has 0 aliphatic carbocycles. The first-order chi connectivity index (χ1) is 13.0. The molecule has 1 amide bonds. The third kappa shape index (κ3) is 3.47. The lowest BCUT2D eigenvalue weighted by atomic mass is 10.1. The van der Waals surface area contributed by atoms with Gasteiger partial charge in [-0.25, -0.2) is 4.98 Å². The van der Waals surface area contributed by atoms with E-state index in [4.69, 9.17) is 9.72 Å². The minimum absolute atomic E-state index is 0.101. The Morgan fingerprint density at radius 1 is 1.26 bits per heavy atom. The zero-order valence-electron chi connectivity index (χ0n) is 15.7. The Morgan fingerprint density at radius 3 is 2.74 bits per heavy atom. The summed E-state index contributed by atoms with van der Waals surface area (Å²) in [4.78, 5) is 18.6. The number of carbonyl (C=O) groups excluding carboxylic acids is 1. The Kier molecular flexibility index (Phi) is 4.70. The maximum atomic E-state index is 11.9. The van der Waals surface area contributed by atoms with Gasteiger partial charge in [0.15, 0.2) is 0 Å². The molecule has 0 saturated heterocycles. The number of anilines is 1. The number of fused-ring (bicyclic) bond motifs is 1. The fourth-order valence-corrected chi connectivity index (χ4v) is 4.55. The van der Waals surface area contributed by atoms with Gasteiger partial charge in [0, 0.05) is 36.0 Å². The maximum Gasteiger partial charge on any atom is 0.224 e. The van der Waals surface area contributed by atoms with Crippen LogP contribution in [0, 0.1) is 0 Å². The average molecular weight is 378 g/mol. The van der Waals surface area contributed by atoms with Gasteiger partial charge in [0.1, 0.15) is 5.75 Å². The molecule has 2 aromatic carbocycles. The Balaban J connectivity index is 1.55. The highest BCUT2D eigenvalue weighted by molar-refractivity contribution is 7.10. The SMILES string of the molecule is COc1ccc(Cc2nc(-c3ccc4c(c3)CC(C)N4C(C)=O)cs2)cc1. The molecule has 5 heteroatoms. The summed E-state index contributed by atoms with van der Waals surface area (Å²) in [6.45, 7) is 3.72. The van der Waals surface area contributed by atoms with Gasteiger partial charge in [0.2, 0.25) is 5.91 Å². The second-order valence-corrected chi connectivity index (χ2v) is 7.88. The molecule has 1 aliphatic heterocycles. The van der Waals surface area contributed by atoms with Crippen LogP contribution in [0.4, 0.5) is 5.69 Å². The van der Waals surface area contributed by atoms with Crippen LogP contribution in [0.2, 0.25) is 0 Å². The smallest absolute Gasteiger partial charge is 0.224 e. The van der Waals surface area contributed by atoms with Gasteiger partial charge in [-0.1, -0.05) is 18.2 Å². The van der Waals surface area contributed by atoms with Crippen LogP contribution >= 0.6 is 11.3 Å². The van der Waals surface area contributed by atoms with E-state index < -0.39 is 0 Å². The van der Waals surface area contributed by atoms with Crippen molar-refractivity contribution in [3.05, 3.63) is 64.0 Å². The fourth-order valence-electron chi connectivity index (χ4n) is 3.71. The lowest BCUT2D eigenvalue weighted by Gasteiger charge is -2.20. The summed E-state index contributed by atoms with van der Waals surface area (Å²) in [5.41, 5.74) is 5.59. The van der Waals surface area contributed by atoms with Crippen LogP contribution in [0.1, 0.15) is 30.0 Å². The number of nitrogens with zero attached hydrogens (tertiary/aromatic N) is 2. The van der Waals surface area contributed by atoms with E-state index in [1.54, 1.807) is 25.4 Å².